The topological polar surface area (TPSA) is 76.0 Å². The smallest absolute Gasteiger partial charge is 0.270 e. The number of nitro benzene ring substituents is 1. The largest absolute Gasteiger partial charge is 0.354 e. The molecule has 0 aliphatic carbocycles. The summed E-state index contributed by atoms with van der Waals surface area (Å²) in [5.74, 6) is 0. The summed E-state index contributed by atoms with van der Waals surface area (Å²) in [4.78, 5) is 25.8. The van der Waals surface area contributed by atoms with Crippen LogP contribution in [0.15, 0.2) is 41.2 Å². The Morgan fingerprint density at radius 3 is 2.37 bits per heavy atom. The molecule has 3 rings (SSSR count). The molecular formula is C14H10N2O3. The van der Waals surface area contributed by atoms with Crippen molar-refractivity contribution in [2.24, 2.45) is 0 Å². The van der Waals surface area contributed by atoms with Crippen molar-refractivity contribution in [1.29, 1.82) is 0 Å². The van der Waals surface area contributed by atoms with Gasteiger partial charge in [0, 0.05) is 23.0 Å². The molecule has 0 fully saturated rings. The highest BCUT2D eigenvalue weighted by Gasteiger charge is 2.10. The van der Waals surface area contributed by atoms with Gasteiger partial charge in [0.1, 0.15) is 0 Å². The number of nitrogens with zero attached hydrogens (tertiary/aromatic N) is 1. The van der Waals surface area contributed by atoms with E-state index in [4.69, 9.17) is 0 Å². The molecule has 0 bridgehead atoms. The average molecular weight is 254 g/mol. The average Bonchev–Trinajstić information content (AvgIpc) is 2.39. The van der Waals surface area contributed by atoms with E-state index in [-0.39, 0.29) is 11.1 Å². The van der Waals surface area contributed by atoms with Gasteiger partial charge in [-0.15, -0.1) is 0 Å². The third kappa shape index (κ3) is 1.76. The Kier molecular flexibility index (Phi) is 2.35. The molecule has 94 valence electrons. The van der Waals surface area contributed by atoms with Gasteiger partial charge < -0.3 is 4.98 Å². The van der Waals surface area contributed by atoms with Crippen LogP contribution in [0.4, 0.5) is 5.69 Å². The number of nitro groups is 1. The number of aryl methyl sites for hydroxylation is 1. The third-order valence-corrected chi connectivity index (χ3v) is 3.15. The molecule has 0 saturated heterocycles. The highest BCUT2D eigenvalue weighted by molar-refractivity contribution is 5.93. The number of hydrogen-bond donors (Lipinski definition) is 1. The lowest BCUT2D eigenvalue weighted by atomic mass is 10.1. The van der Waals surface area contributed by atoms with Gasteiger partial charge in [-0.1, -0.05) is 11.6 Å². The number of H-pyrrole nitrogens is 1. The van der Waals surface area contributed by atoms with Crippen LogP contribution in [0, 0.1) is 17.0 Å². The minimum atomic E-state index is -0.501. The van der Waals surface area contributed by atoms with Gasteiger partial charge in [0.15, 0.2) is 5.43 Å². The molecule has 0 saturated carbocycles. The van der Waals surface area contributed by atoms with E-state index in [9.17, 15) is 14.9 Å². The lowest BCUT2D eigenvalue weighted by Crippen LogP contribution is -2.05. The zero-order chi connectivity index (χ0) is 13.6. The van der Waals surface area contributed by atoms with E-state index in [0.29, 0.717) is 16.3 Å². The molecule has 2 aromatic carbocycles. The highest BCUT2D eigenvalue weighted by Crippen LogP contribution is 2.20. The van der Waals surface area contributed by atoms with E-state index >= 15 is 0 Å². The molecule has 0 unspecified atom stereocenters. The molecule has 19 heavy (non-hydrogen) atoms. The van der Waals surface area contributed by atoms with Crippen LogP contribution in [-0.2, 0) is 0 Å². The zero-order valence-corrected chi connectivity index (χ0v) is 10.1. The Morgan fingerprint density at radius 2 is 1.68 bits per heavy atom. The summed E-state index contributed by atoms with van der Waals surface area (Å²) in [6.07, 6.45) is 0. The second kappa shape index (κ2) is 3.91. The first-order valence-electron chi connectivity index (χ1n) is 5.77. The van der Waals surface area contributed by atoms with Crippen LogP contribution in [0.5, 0.6) is 0 Å². The Bertz CT molecular complexity index is 881. The first-order chi connectivity index (χ1) is 9.06. The normalized spacial score (nSPS) is 11.0. The van der Waals surface area contributed by atoms with Crippen LogP contribution in [0.3, 0.4) is 0 Å². The van der Waals surface area contributed by atoms with E-state index < -0.39 is 4.92 Å². The van der Waals surface area contributed by atoms with Crippen molar-refractivity contribution >= 4 is 27.5 Å². The van der Waals surface area contributed by atoms with Crippen molar-refractivity contribution in [2.75, 3.05) is 0 Å². The second-order valence-corrected chi connectivity index (χ2v) is 4.49. The summed E-state index contributed by atoms with van der Waals surface area (Å²) < 4.78 is 0. The number of nitrogens with one attached hydrogen (secondary N) is 1. The maximum absolute atomic E-state index is 12.4. The zero-order valence-electron chi connectivity index (χ0n) is 10.1. The van der Waals surface area contributed by atoms with Gasteiger partial charge in [0.25, 0.3) is 5.69 Å². The van der Waals surface area contributed by atoms with Crippen LogP contribution in [-0.4, -0.2) is 9.91 Å². The molecule has 1 N–H and O–H groups in total. The van der Waals surface area contributed by atoms with Crippen LogP contribution in [0.2, 0.25) is 0 Å². The second-order valence-electron chi connectivity index (χ2n) is 4.49. The van der Waals surface area contributed by atoms with Crippen LogP contribution in [0.25, 0.3) is 21.8 Å². The monoisotopic (exact) mass is 254 g/mol. The third-order valence-electron chi connectivity index (χ3n) is 3.15. The SMILES string of the molecule is Cc1ccc2[nH]c3ccc([N+](=O)[O-])cc3c(=O)c2c1. The van der Waals surface area contributed by atoms with Gasteiger partial charge in [0.05, 0.1) is 15.8 Å². The first kappa shape index (κ1) is 11.4. The summed E-state index contributed by atoms with van der Waals surface area (Å²) in [6.45, 7) is 1.90. The molecule has 1 heterocycles. The standard InChI is InChI=1S/C14H10N2O3/c1-8-2-4-12-10(6-8)14(17)11-7-9(16(18)19)3-5-13(11)15-12/h2-7H,1H3,(H,15,17). The number of aromatic nitrogens is 1. The first-order valence-corrected chi connectivity index (χ1v) is 5.77. The van der Waals surface area contributed by atoms with Crippen molar-refractivity contribution in [3.63, 3.8) is 0 Å². The van der Waals surface area contributed by atoms with Gasteiger partial charge in [-0.25, -0.2) is 0 Å². The van der Waals surface area contributed by atoms with E-state index in [1.54, 1.807) is 12.1 Å². The molecule has 0 radical (unpaired) electrons. The van der Waals surface area contributed by atoms with Gasteiger partial charge in [-0.3, -0.25) is 14.9 Å². The highest BCUT2D eigenvalue weighted by atomic mass is 16.6. The molecule has 3 aromatic rings. The van der Waals surface area contributed by atoms with Gasteiger partial charge >= 0.3 is 0 Å². The van der Waals surface area contributed by atoms with Crippen molar-refractivity contribution in [3.05, 3.63) is 62.3 Å². The quantitative estimate of drug-likeness (QED) is 0.412. The molecule has 5 nitrogen and oxygen atoms in total. The lowest BCUT2D eigenvalue weighted by molar-refractivity contribution is -0.384. The number of aromatic amines is 1. The van der Waals surface area contributed by atoms with E-state index in [1.165, 1.54) is 12.1 Å². The maximum atomic E-state index is 12.4. The molecule has 0 aliphatic heterocycles. The molecule has 0 amide bonds. The van der Waals surface area contributed by atoms with Gasteiger partial charge in [-0.2, -0.15) is 0 Å². The minimum absolute atomic E-state index is 0.0787. The predicted molar refractivity (Wildman–Crippen MR) is 73.5 cm³/mol. The summed E-state index contributed by atoms with van der Waals surface area (Å²) in [7, 11) is 0. The molecule has 0 atom stereocenters. The van der Waals surface area contributed by atoms with Gasteiger partial charge in [0.2, 0.25) is 0 Å². The van der Waals surface area contributed by atoms with E-state index in [0.717, 1.165) is 11.1 Å². The number of fused-ring (bicyclic) bond motifs is 2. The Labute approximate surface area is 107 Å². The van der Waals surface area contributed by atoms with Crippen molar-refractivity contribution in [1.82, 2.24) is 4.98 Å². The summed E-state index contributed by atoms with van der Waals surface area (Å²) >= 11 is 0. The van der Waals surface area contributed by atoms with Crippen molar-refractivity contribution in [3.8, 4) is 0 Å². The van der Waals surface area contributed by atoms with Crippen LogP contribution < -0.4 is 5.43 Å². The Morgan fingerprint density at radius 1 is 1.05 bits per heavy atom. The number of non-ortho nitro benzene ring substituents is 1. The molecule has 5 heteroatoms. The number of pyridine rings is 1. The van der Waals surface area contributed by atoms with Crippen LogP contribution in [0.1, 0.15) is 5.56 Å². The fraction of sp³-hybridized carbons (Fsp3) is 0.0714. The fourth-order valence-corrected chi connectivity index (χ4v) is 2.19. The lowest BCUT2D eigenvalue weighted by Gasteiger charge is -2.03. The molecular weight excluding hydrogens is 244 g/mol. The molecule has 0 spiro atoms. The summed E-state index contributed by atoms with van der Waals surface area (Å²) in [5, 5.41) is 11.7. The Hall–Kier alpha value is -2.69. The van der Waals surface area contributed by atoms with E-state index in [1.807, 2.05) is 19.1 Å². The van der Waals surface area contributed by atoms with Crippen molar-refractivity contribution in [2.45, 2.75) is 6.92 Å². The molecule has 1 aromatic heterocycles. The summed E-state index contributed by atoms with van der Waals surface area (Å²) in [6, 6.07) is 9.80. The fourth-order valence-electron chi connectivity index (χ4n) is 2.19. The minimum Gasteiger partial charge on any atom is -0.354 e. The van der Waals surface area contributed by atoms with E-state index in [2.05, 4.69) is 4.98 Å². The van der Waals surface area contributed by atoms with Crippen LogP contribution >= 0.6 is 0 Å². The number of rotatable bonds is 1. The number of hydrogen-bond acceptors (Lipinski definition) is 3. The van der Waals surface area contributed by atoms with Gasteiger partial charge in [-0.05, 0) is 25.1 Å². The Balaban J connectivity index is 2.48. The predicted octanol–water partition coefficient (Wildman–Crippen LogP) is 2.90. The molecule has 0 aliphatic rings. The maximum Gasteiger partial charge on any atom is 0.270 e. The summed E-state index contributed by atoms with van der Waals surface area (Å²) in [5.41, 5.74) is 2.05. The number of benzene rings is 2. The van der Waals surface area contributed by atoms with Crippen molar-refractivity contribution < 1.29 is 4.92 Å².